The Bertz CT molecular complexity index is 1010. The van der Waals surface area contributed by atoms with E-state index < -0.39 is 7.12 Å². The van der Waals surface area contributed by atoms with E-state index in [1.165, 1.54) is 0 Å². The maximum atomic E-state index is 9.43. The summed E-state index contributed by atoms with van der Waals surface area (Å²) < 4.78 is 2.19. The minimum absolute atomic E-state index is 0.503. The number of hydrogen-bond acceptors (Lipinski definition) is 2. The molecule has 0 bridgehead atoms. The van der Waals surface area contributed by atoms with Gasteiger partial charge in [-0.05, 0) is 36.7 Å². The fourth-order valence-corrected chi connectivity index (χ4v) is 3.01. The third-order valence-electron chi connectivity index (χ3n) is 4.01. The van der Waals surface area contributed by atoms with Crippen molar-refractivity contribution in [2.24, 2.45) is 0 Å². The van der Waals surface area contributed by atoms with E-state index in [9.17, 15) is 10.0 Å². The zero-order chi connectivity index (χ0) is 17.8. The Morgan fingerprint density at radius 1 is 0.840 bits per heavy atom. The average Bonchev–Trinajstić information content (AvgIpc) is 2.97. The minimum atomic E-state index is -1.46. The summed E-state index contributed by atoms with van der Waals surface area (Å²) in [5.41, 5.74) is 3.75. The molecule has 3 aromatic carbocycles. The normalized spacial score (nSPS) is 10.4. The van der Waals surface area contributed by atoms with E-state index in [0.717, 1.165) is 27.5 Å². The van der Waals surface area contributed by atoms with Crippen molar-refractivity contribution in [3.05, 3.63) is 85.5 Å². The molecule has 0 aliphatic rings. The fraction of sp³-hybridized carbons (Fsp3) is 0.0476. The van der Waals surface area contributed by atoms with Crippen LogP contribution in [0.4, 0.5) is 0 Å². The van der Waals surface area contributed by atoms with E-state index in [2.05, 4.69) is 35.4 Å². The predicted octanol–water partition coefficient (Wildman–Crippen LogP) is 3.66. The summed E-state index contributed by atoms with van der Waals surface area (Å²) in [5.74, 6) is 0. The zero-order valence-electron chi connectivity index (χ0n) is 14.1. The van der Waals surface area contributed by atoms with Gasteiger partial charge in [-0.1, -0.05) is 54.6 Å². The summed E-state index contributed by atoms with van der Waals surface area (Å²) in [6.45, 7) is 5.25. The number of para-hydroxylation sites is 2. The number of aromatic nitrogens is 1. The molecule has 3 nitrogen and oxygen atoms in total. The van der Waals surface area contributed by atoms with Crippen molar-refractivity contribution in [1.29, 1.82) is 0 Å². The van der Waals surface area contributed by atoms with E-state index in [4.69, 9.17) is 0 Å². The molecule has 0 saturated carbocycles. The quantitative estimate of drug-likeness (QED) is 0.435. The number of hydrogen-bond donors (Lipinski definition) is 2. The number of nitrogens with zero attached hydrogens (tertiary/aromatic N) is 1. The van der Waals surface area contributed by atoms with Gasteiger partial charge in [-0.3, -0.25) is 0 Å². The summed E-state index contributed by atoms with van der Waals surface area (Å²) in [4.78, 5) is 0. The van der Waals surface area contributed by atoms with Crippen LogP contribution in [0.25, 0.3) is 27.5 Å². The van der Waals surface area contributed by atoms with Crippen molar-refractivity contribution >= 4 is 34.4 Å². The Morgan fingerprint density at radius 3 is 2.12 bits per heavy atom. The standard InChI is InChI=1S/C18H14BNO2.C3H6/c21-19(22)13-10-11-18-16(12-13)15-8-4-5-9-17(15)20(18)14-6-2-1-3-7-14;1-3-2/h1-12,21-22H;3H,1H2,2H3. The molecule has 1 aromatic heterocycles. The van der Waals surface area contributed by atoms with Gasteiger partial charge in [-0.25, -0.2) is 0 Å². The summed E-state index contributed by atoms with van der Waals surface area (Å²) in [6.07, 6.45) is 1.75. The molecule has 0 atom stereocenters. The van der Waals surface area contributed by atoms with E-state index in [1.54, 1.807) is 12.1 Å². The summed E-state index contributed by atoms with van der Waals surface area (Å²) in [7, 11) is -1.46. The predicted molar refractivity (Wildman–Crippen MR) is 106 cm³/mol. The highest BCUT2D eigenvalue weighted by atomic mass is 16.4. The topological polar surface area (TPSA) is 45.4 Å². The second-order valence-electron chi connectivity index (χ2n) is 5.75. The van der Waals surface area contributed by atoms with Gasteiger partial charge in [0, 0.05) is 16.5 Å². The van der Waals surface area contributed by atoms with Gasteiger partial charge in [0.2, 0.25) is 0 Å². The summed E-state index contributed by atoms with van der Waals surface area (Å²) in [6, 6.07) is 23.9. The third kappa shape index (κ3) is 3.22. The van der Waals surface area contributed by atoms with Gasteiger partial charge < -0.3 is 14.6 Å². The molecule has 0 amide bonds. The SMILES string of the molecule is C=CC.OB(O)c1ccc2c(c1)c1ccccc1n2-c1ccccc1. The molecule has 25 heavy (non-hydrogen) atoms. The smallest absolute Gasteiger partial charge is 0.423 e. The van der Waals surface area contributed by atoms with Crippen LogP contribution in [0.5, 0.6) is 0 Å². The molecular weight excluding hydrogens is 309 g/mol. The monoisotopic (exact) mass is 329 g/mol. The van der Waals surface area contributed by atoms with Crippen molar-refractivity contribution in [2.45, 2.75) is 6.92 Å². The van der Waals surface area contributed by atoms with Crippen molar-refractivity contribution in [3.8, 4) is 5.69 Å². The van der Waals surface area contributed by atoms with Crippen LogP contribution in [0.3, 0.4) is 0 Å². The van der Waals surface area contributed by atoms with Crippen LogP contribution in [-0.2, 0) is 0 Å². The van der Waals surface area contributed by atoms with Gasteiger partial charge in [0.15, 0.2) is 0 Å². The molecule has 0 spiro atoms. The number of allylic oxidation sites excluding steroid dienone is 1. The number of benzene rings is 3. The highest BCUT2D eigenvalue weighted by Crippen LogP contribution is 2.31. The molecule has 0 aliphatic heterocycles. The van der Waals surface area contributed by atoms with Crippen LogP contribution < -0.4 is 5.46 Å². The van der Waals surface area contributed by atoms with Crippen molar-refractivity contribution in [3.63, 3.8) is 0 Å². The molecule has 0 fully saturated rings. The Labute approximate surface area is 147 Å². The largest absolute Gasteiger partial charge is 0.488 e. The third-order valence-corrected chi connectivity index (χ3v) is 4.01. The zero-order valence-corrected chi connectivity index (χ0v) is 14.1. The number of fused-ring (bicyclic) bond motifs is 3. The minimum Gasteiger partial charge on any atom is -0.423 e. The van der Waals surface area contributed by atoms with Crippen LogP contribution in [0, 0.1) is 0 Å². The molecule has 2 N–H and O–H groups in total. The van der Waals surface area contributed by atoms with Crippen LogP contribution in [-0.4, -0.2) is 21.7 Å². The second kappa shape index (κ2) is 7.39. The Morgan fingerprint density at radius 2 is 1.44 bits per heavy atom. The van der Waals surface area contributed by atoms with E-state index in [1.807, 2.05) is 49.4 Å². The molecule has 4 rings (SSSR count). The van der Waals surface area contributed by atoms with Crippen molar-refractivity contribution in [1.82, 2.24) is 4.57 Å². The molecule has 4 aromatic rings. The van der Waals surface area contributed by atoms with Crippen LogP contribution in [0.15, 0.2) is 85.5 Å². The molecule has 1 heterocycles. The lowest BCUT2D eigenvalue weighted by Crippen LogP contribution is -2.29. The molecular formula is C21H20BNO2. The van der Waals surface area contributed by atoms with E-state index in [0.29, 0.717) is 5.46 Å². The lowest BCUT2D eigenvalue weighted by Gasteiger charge is -2.07. The van der Waals surface area contributed by atoms with Gasteiger partial charge >= 0.3 is 7.12 Å². The van der Waals surface area contributed by atoms with Crippen LogP contribution in [0.2, 0.25) is 0 Å². The maximum absolute atomic E-state index is 9.43. The Hall–Kier alpha value is -2.82. The highest BCUT2D eigenvalue weighted by Gasteiger charge is 2.16. The highest BCUT2D eigenvalue weighted by molar-refractivity contribution is 6.59. The van der Waals surface area contributed by atoms with E-state index in [-0.39, 0.29) is 0 Å². The van der Waals surface area contributed by atoms with Crippen molar-refractivity contribution in [2.75, 3.05) is 0 Å². The Kier molecular flexibility index (Phi) is 5.03. The second-order valence-corrected chi connectivity index (χ2v) is 5.75. The Balaban J connectivity index is 0.000000569. The van der Waals surface area contributed by atoms with Gasteiger partial charge in [-0.15, -0.1) is 6.58 Å². The number of rotatable bonds is 2. The average molecular weight is 329 g/mol. The van der Waals surface area contributed by atoms with Gasteiger partial charge in [0.1, 0.15) is 0 Å². The molecule has 0 radical (unpaired) electrons. The van der Waals surface area contributed by atoms with Crippen molar-refractivity contribution < 1.29 is 10.0 Å². The fourth-order valence-electron chi connectivity index (χ4n) is 3.01. The first-order valence-corrected chi connectivity index (χ1v) is 8.19. The molecule has 0 unspecified atom stereocenters. The van der Waals surface area contributed by atoms with E-state index >= 15 is 0 Å². The molecule has 0 saturated heterocycles. The lowest BCUT2D eigenvalue weighted by molar-refractivity contribution is 0.426. The maximum Gasteiger partial charge on any atom is 0.488 e. The summed E-state index contributed by atoms with van der Waals surface area (Å²) in [5, 5.41) is 21.0. The molecule has 124 valence electrons. The molecule has 4 heteroatoms. The first-order chi connectivity index (χ1) is 12.2. The lowest BCUT2D eigenvalue weighted by atomic mass is 9.80. The van der Waals surface area contributed by atoms with Gasteiger partial charge in [0.05, 0.1) is 11.0 Å². The first-order valence-electron chi connectivity index (χ1n) is 8.19. The van der Waals surface area contributed by atoms with Gasteiger partial charge in [-0.2, -0.15) is 0 Å². The van der Waals surface area contributed by atoms with Gasteiger partial charge in [0.25, 0.3) is 0 Å². The van der Waals surface area contributed by atoms with Crippen LogP contribution >= 0.6 is 0 Å². The molecule has 0 aliphatic carbocycles. The summed E-state index contributed by atoms with van der Waals surface area (Å²) >= 11 is 0. The van der Waals surface area contributed by atoms with Crippen LogP contribution in [0.1, 0.15) is 6.92 Å². The first kappa shape index (κ1) is 17.0.